The van der Waals surface area contributed by atoms with E-state index in [1.54, 1.807) is 13.8 Å². The summed E-state index contributed by atoms with van der Waals surface area (Å²) in [5.74, 6) is -0.441. The van der Waals surface area contributed by atoms with E-state index in [1.165, 1.54) is 0 Å². The van der Waals surface area contributed by atoms with Crippen LogP contribution in [0.1, 0.15) is 36.2 Å². The normalized spacial score (nSPS) is 10.3. The molecule has 0 radical (unpaired) electrons. The molecule has 0 aliphatic rings. The molecule has 1 aromatic heterocycles. The predicted molar refractivity (Wildman–Crippen MR) is 92.4 cm³/mol. The molecule has 2 N–H and O–H groups in total. The summed E-state index contributed by atoms with van der Waals surface area (Å²) in [6.07, 6.45) is 0.343. The molecule has 1 aromatic carbocycles. The van der Waals surface area contributed by atoms with Crippen LogP contribution < -0.4 is 10.1 Å². The van der Waals surface area contributed by atoms with E-state index in [1.807, 2.05) is 30.3 Å². The molecule has 0 aliphatic carbocycles. The van der Waals surface area contributed by atoms with Gasteiger partial charge in [0.05, 0.1) is 11.4 Å². The van der Waals surface area contributed by atoms with E-state index in [-0.39, 0.29) is 31.1 Å². The second kappa shape index (κ2) is 8.77. The van der Waals surface area contributed by atoms with Gasteiger partial charge in [0.2, 0.25) is 11.9 Å². The summed E-state index contributed by atoms with van der Waals surface area (Å²) in [7, 11) is 0. The third-order valence-corrected chi connectivity index (χ3v) is 3.48. The second-order valence-corrected chi connectivity index (χ2v) is 5.62. The van der Waals surface area contributed by atoms with E-state index in [0.29, 0.717) is 23.7 Å². The minimum absolute atomic E-state index is 0.0431. The molecule has 7 heteroatoms. The first-order valence-electron chi connectivity index (χ1n) is 7.99. The van der Waals surface area contributed by atoms with E-state index >= 15 is 0 Å². The molecule has 1 amide bonds. The first-order valence-corrected chi connectivity index (χ1v) is 7.99. The molecule has 0 saturated carbocycles. The number of nitrogens with zero attached hydrogens (tertiary/aromatic N) is 2. The van der Waals surface area contributed by atoms with E-state index < -0.39 is 5.97 Å². The van der Waals surface area contributed by atoms with Crippen molar-refractivity contribution >= 4 is 17.8 Å². The molecular formula is C18H21N3O4. The summed E-state index contributed by atoms with van der Waals surface area (Å²) >= 11 is 0. The Kier molecular flexibility index (Phi) is 6.45. The zero-order chi connectivity index (χ0) is 18.2. The minimum Gasteiger partial charge on any atom is -0.485 e. The molecule has 0 spiro atoms. The fourth-order valence-corrected chi connectivity index (χ4v) is 2.29. The van der Waals surface area contributed by atoms with Crippen molar-refractivity contribution in [2.24, 2.45) is 0 Å². The first kappa shape index (κ1) is 18.4. The number of carbonyl (C=O) groups excluding carboxylic acids is 1. The highest BCUT2D eigenvalue weighted by Crippen LogP contribution is 2.22. The number of aryl methyl sites for hydroxylation is 2. The van der Waals surface area contributed by atoms with Gasteiger partial charge < -0.3 is 9.84 Å². The lowest BCUT2D eigenvalue weighted by Gasteiger charge is -2.13. The Morgan fingerprint density at radius 1 is 1.08 bits per heavy atom. The number of carboxylic acids is 1. The zero-order valence-electron chi connectivity index (χ0n) is 14.3. The number of aliphatic carboxylic acids is 1. The van der Waals surface area contributed by atoms with Crippen LogP contribution in [0.15, 0.2) is 30.3 Å². The Morgan fingerprint density at radius 2 is 1.72 bits per heavy atom. The van der Waals surface area contributed by atoms with Crippen LogP contribution in [-0.2, 0) is 16.2 Å². The lowest BCUT2D eigenvalue weighted by molar-refractivity contribution is -0.137. The second-order valence-electron chi connectivity index (χ2n) is 5.62. The summed E-state index contributed by atoms with van der Waals surface area (Å²) in [5.41, 5.74) is 2.30. The SMILES string of the molecule is Cc1nc(NC(=O)CCCC(=O)O)nc(C)c1OCc1ccccc1. The van der Waals surface area contributed by atoms with Gasteiger partial charge in [0.25, 0.3) is 0 Å². The highest BCUT2D eigenvalue weighted by molar-refractivity contribution is 5.89. The summed E-state index contributed by atoms with van der Waals surface area (Å²) < 4.78 is 5.80. The van der Waals surface area contributed by atoms with Crippen LogP contribution >= 0.6 is 0 Å². The maximum atomic E-state index is 11.8. The predicted octanol–water partition coefficient (Wildman–Crippen LogP) is 2.87. The Balaban J connectivity index is 1.96. The Morgan fingerprint density at radius 3 is 2.32 bits per heavy atom. The lowest BCUT2D eigenvalue weighted by atomic mass is 10.2. The van der Waals surface area contributed by atoms with Gasteiger partial charge in [-0.05, 0) is 25.8 Å². The molecule has 7 nitrogen and oxygen atoms in total. The fourth-order valence-electron chi connectivity index (χ4n) is 2.29. The van der Waals surface area contributed by atoms with Crippen molar-refractivity contribution in [3.8, 4) is 5.75 Å². The quantitative estimate of drug-likeness (QED) is 0.764. The number of hydrogen-bond donors (Lipinski definition) is 2. The number of ether oxygens (including phenoxy) is 1. The van der Waals surface area contributed by atoms with Gasteiger partial charge in [0.1, 0.15) is 6.61 Å². The average molecular weight is 343 g/mol. The number of carbonyl (C=O) groups is 2. The maximum Gasteiger partial charge on any atom is 0.303 e. The number of carboxylic acid groups (broad SMARTS) is 1. The van der Waals surface area contributed by atoms with Crippen molar-refractivity contribution in [2.75, 3.05) is 5.32 Å². The standard InChI is InChI=1S/C18H21N3O4/c1-12-17(25-11-14-7-4-3-5-8-14)13(2)20-18(19-12)21-15(22)9-6-10-16(23)24/h3-5,7-8H,6,9-11H2,1-2H3,(H,23,24)(H,19,20,21,22). The number of amides is 1. The van der Waals surface area contributed by atoms with E-state index in [2.05, 4.69) is 15.3 Å². The number of nitrogens with one attached hydrogen (secondary N) is 1. The van der Waals surface area contributed by atoms with E-state index in [4.69, 9.17) is 9.84 Å². The van der Waals surface area contributed by atoms with Crippen LogP contribution in [0.5, 0.6) is 5.75 Å². The average Bonchev–Trinajstić information content (AvgIpc) is 2.54. The molecular weight excluding hydrogens is 322 g/mol. The highest BCUT2D eigenvalue weighted by atomic mass is 16.5. The molecule has 0 atom stereocenters. The van der Waals surface area contributed by atoms with Crippen molar-refractivity contribution in [3.63, 3.8) is 0 Å². The molecule has 2 rings (SSSR count). The largest absolute Gasteiger partial charge is 0.485 e. The first-order chi connectivity index (χ1) is 12.0. The lowest BCUT2D eigenvalue weighted by Crippen LogP contribution is -2.15. The number of benzene rings is 1. The number of hydrogen-bond acceptors (Lipinski definition) is 5. The van der Waals surface area contributed by atoms with Gasteiger partial charge >= 0.3 is 5.97 Å². The highest BCUT2D eigenvalue weighted by Gasteiger charge is 2.12. The Labute approximate surface area is 146 Å². The monoisotopic (exact) mass is 343 g/mol. The van der Waals surface area contributed by atoms with Crippen LogP contribution in [0.3, 0.4) is 0 Å². The molecule has 1 heterocycles. The van der Waals surface area contributed by atoms with Gasteiger partial charge in [-0.3, -0.25) is 14.9 Å². The molecule has 0 unspecified atom stereocenters. The Bertz CT molecular complexity index is 724. The van der Waals surface area contributed by atoms with Crippen LogP contribution in [0, 0.1) is 13.8 Å². The zero-order valence-corrected chi connectivity index (χ0v) is 14.3. The molecule has 0 bridgehead atoms. The number of rotatable bonds is 8. The minimum atomic E-state index is -0.921. The van der Waals surface area contributed by atoms with Crippen LogP contribution in [0.2, 0.25) is 0 Å². The number of aromatic nitrogens is 2. The molecule has 0 aliphatic heterocycles. The molecule has 0 fully saturated rings. The van der Waals surface area contributed by atoms with Gasteiger partial charge in [-0.2, -0.15) is 0 Å². The molecule has 25 heavy (non-hydrogen) atoms. The molecule has 0 saturated heterocycles. The molecule has 2 aromatic rings. The third kappa shape index (κ3) is 5.87. The molecule has 132 valence electrons. The maximum absolute atomic E-state index is 11.8. The van der Waals surface area contributed by atoms with Gasteiger partial charge in [-0.15, -0.1) is 0 Å². The van der Waals surface area contributed by atoms with Crippen molar-refractivity contribution in [1.82, 2.24) is 9.97 Å². The van der Waals surface area contributed by atoms with Gasteiger partial charge in [0.15, 0.2) is 5.75 Å². The third-order valence-electron chi connectivity index (χ3n) is 3.48. The summed E-state index contributed by atoms with van der Waals surface area (Å²) in [6.45, 7) is 3.98. The summed E-state index contributed by atoms with van der Waals surface area (Å²) in [5, 5.41) is 11.2. The van der Waals surface area contributed by atoms with Crippen LogP contribution in [0.4, 0.5) is 5.95 Å². The summed E-state index contributed by atoms with van der Waals surface area (Å²) in [6, 6.07) is 9.77. The van der Waals surface area contributed by atoms with Crippen molar-refractivity contribution in [2.45, 2.75) is 39.7 Å². The smallest absolute Gasteiger partial charge is 0.303 e. The fraction of sp³-hybridized carbons (Fsp3) is 0.333. The topological polar surface area (TPSA) is 101 Å². The van der Waals surface area contributed by atoms with Crippen LogP contribution in [0.25, 0.3) is 0 Å². The van der Waals surface area contributed by atoms with Gasteiger partial charge in [0, 0.05) is 12.8 Å². The van der Waals surface area contributed by atoms with E-state index in [9.17, 15) is 9.59 Å². The Hall–Kier alpha value is -2.96. The summed E-state index contributed by atoms with van der Waals surface area (Å²) in [4.78, 5) is 30.7. The van der Waals surface area contributed by atoms with Crippen molar-refractivity contribution in [1.29, 1.82) is 0 Å². The van der Waals surface area contributed by atoms with E-state index in [0.717, 1.165) is 5.56 Å². The van der Waals surface area contributed by atoms with Crippen molar-refractivity contribution in [3.05, 3.63) is 47.3 Å². The van der Waals surface area contributed by atoms with Gasteiger partial charge in [-0.25, -0.2) is 9.97 Å². The number of anilines is 1. The van der Waals surface area contributed by atoms with Crippen LogP contribution in [-0.4, -0.2) is 27.0 Å². The van der Waals surface area contributed by atoms with Crippen molar-refractivity contribution < 1.29 is 19.4 Å². The van der Waals surface area contributed by atoms with Gasteiger partial charge in [-0.1, -0.05) is 30.3 Å².